The molecule has 0 bridgehead atoms. The van der Waals surface area contributed by atoms with Crippen molar-refractivity contribution in [3.63, 3.8) is 0 Å². The average Bonchev–Trinajstić information content (AvgIpc) is 2.79. The van der Waals surface area contributed by atoms with Crippen LogP contribution >= 0.6 is 24.0 Å². The Morgan fingerprint density at radius 2 is 1.80 bits per heavy atom. The van der Waals surface area contributed by atoms with Crippen molar-refractivity contribution < 1.29 is 9.47 Å². The lowest BCUT2D eigenvalue weighted by Crippen LogP contribution is -2.47. The molecule has 6 heteroatoms. The van der Waals surface area contributed by atoms with Crippen LogP contribution in [0.1, 0.15) is 24.0 Å². The van der Waals surface area contributed by atoms with E-state index in [2.05, 4.69) is 58.6 Å². The predicted molar refractivity (Wildman–Crippen MR) is 134 cm³/mol. The fraction of sp³-hybridized carbons (Fsp3) is 0.375. The summed E-state index contributed by atoms with van der Waals surface area (Å²) < 4.78 is 11.4. The van der Waals surface area contributed by atoms with E-state index in [1.807, 2.05) is 18.2 Å². The highest BCUT2D eigenvalue weighted by molar-refractivity contribution is 14.0. The van der Waals surface area contributed by atoms with Crippen LogP contribution in [0.3, 0.4) is 0 Å². The summed E-state index contributed by atoms with van der Waals surface area (Å²) in [6, 6.07) is 18.7. The number of halogens is 1. The second-order valence-corrected chi connectivity index (χ2v) is 7.25. The molecule has 0 aromatic heterocycles. The molecule has 0 amide bonds. The van der Waals surface area contributed by atoms with Crippen LogP contribution in [-0.2, 0) is 16.7 Å². The highest BCUT2D eigenvalue weighted by atomic mass is 127. The quantitative estimate of drug-likeness (QED) is 0.236. The van der Waals surface area contributed by atoms with Gasteiger partial charge >= 0.3 is 0 Å². The topological polar surface area (TPSA) is 54.9 Å². The van der Waals surface area contributed by atoms with Crippen LogP contribution in [0.5, 0.6) is 5.75 Å². The van der Waals surface area contributed by atoms with E-state index >= 15 is 0 Å². The standard InChI is InChI=1S/C24H31N3O2.HI/c1-3-15-29-22-12-8-7-9-20(22)18-26-23(25-2)27-19-24(13-16-28-17-14-24)21-10-5-4-6-11-21;/h3-12H,1,13-19H2,2H3,(H2,25,26,27);1H. The van der Waals surface area contributed by atoms with Gasteiger partial charge in [-0.3, -0.25) is 4.99 Å². The van der Waals surface area contributed by atoms with E-state index in [4.69, 9.17) is 9.47 Å². The molecule has 5 nitrogen and oxygen atoms in total. The molecule has 3 rings (SSSR count). The number of nitrogens with zero attached hydrogens (tertiary/aromatic N) is 1. The first kappa shape index (κ1) is 24.2. The van der Waals surface area contributed by atoms with Gasteiger partial charge in [0.2, 0.25) is 0 Å². The van der Waals surface area contributed by atoms with E-state index in [1.165, 1.54) is 5.56 Å². The number of para-hydroxylation sites is 1. The molecular weight excluding hydrogens is 489 g/mol. The molecule has 1 heterocycles. The van der Waals surface area contributed by atoms with Gasteiger partial charge in [0.15, 0.2) is 5.96 Å². The fourth-order valence-corrected chi connectivity index (χ4v) is 3.71. The van der Waals surface area contributed by atoms with E-state index < -0.39 is 0 Å². The van der Waals surface area contributed by atoms with Crippen molar-refractivity contribution in [1.82, 2.24) is 10.6 Å². The van der Waals surface area contributed by atoms with Crippen LogP contribution in [0, 0.1) is 0 Å². The highest BCUT2D eigenvalue weighted by Crippen LogP contribution is 2.34. The van der Waals surface area contributed by atoms with Crippen molar-refractivity contribution in [2.75, 3.05) is 33.4 Å². The third-order valence-electron chi connectivity index (χ3n) is 5.43. The van der Waals surface area contributed by atoms with Crippen molar-refractivity contribution in [1.29, 1.82) is 0 Å². The Hall–Kier alpha value is -2.06. The normalized spacial score (nSPS) is 15.6. The molecule has 1 aliphatic rings. The molecule has 0 spiro atoms. The molecule has 1 fully saturated rings. The van der Waals surface area contributed by atoms with Crippen LogP contribution < -0.4 is 15.4 Å². The van der Waals surface area contributed by atoms with Crippen LogP contribution in [0.25, 0.3) is 0 Å². The number of hydrogen-bond acceptors (Lipinski definition) is 3. The number of guanidine groups is 1. The number of benzene rings is 2. The van der Waals surface area contributed by atoms with Gasteiger partial charge in [-0.1, -0.05) is 61.2 Å². The zero-order valence-electron chi connectivity index (χ0n) is 17.6. The lowest BCUT2D eigenvalue weighted by atomic mass is 9.74. The summed E-state index contributed by atoms with van der Waals surface area (Å²) >= 11 is 0. The Balaban J connectivity index is 0.00000320. The van der Waals surface area contributed by atoms with Crippen molar-refractivity contribution in [3.8, 4) is 5.75 Å². The molecule has 0 saturated carbocycles. The van der Waals surface area contributed by atoms with E-state index in [9.17, 15) is 0 Å². The van der Waals surface area contributed by atoms with Crippen LogP contribution in [0.4, 0.5) is 0 Å². The summed E-state index contributed by atoms with van der Waals surface area (Å²) in [7, 11) is 1.80. The molecule has 1 aliphatic heterocycles. The summed E-state index contributed by atoms with van der Waals surface area (Å²) in [6.45, 7) is 7.23. The van der Waals surface area contributed by atoms with Crippen LogP contribution in [0.15, 0.2) is 72.2 Å². The van der Waals surface area contributed by atoms with Gasteiger partial charge < -0.3 is 20.1 Å². The Morgan fingerprint density at radius 3 is 2.50 bits per heavy atom. The fourth-order valence-electron chi connectivity index (χ4n) is 3.71. The highest BCUT2D eigenvalue weighted by Gasteiger charge is 2.34. The van der Waals surface area contributed by atoms with Gasteiger partial charge in [-0.2, -0.15) is 0 Å². The summed E-state index contributed by atoms with van der Waals surface area (Å²) in [6.07, 6.45) is 3.75. The molecule has 0 atom stereocenters. The maximum atomic E-state index is 5.75. The van der Waals surface area contributed by atoms with Gasteiger partial charge in [-0.05, 0) is 24.5 Å². The van der Waals surface area contributed by atoms with Gasteiger partial charge in [0.25, 0.3) is 0 Å². The summed E-state index contributed by atoms with van der Waals surface area (Å²) in [5.74, 6) is 1.64. The maximum Gasteiger partial charge on any atom is 0.191 e. The third kappa shape index (κ3) is 6.47. The van der Waals surface area contributed by atoms with Gasteiger partial charge in [-0.25, -0.2) is 0 Å². The molecule has 30 heavy (non-hydrogen) atoms. The van der Waals surface area contributed by atoms with Crippen molar-refractivity contribution in [3.05, 3.63) is 78.4 Å². The second kappa shape index (κ2) is 12.6. The Labute approximate surface area is 197 Å². The summed E-state index contributed by atoms with van der Waals surface area (Å²) in [5, 5.41) is 6.95. The Morgan fingerprint density at radius 1 is 1.10 bits per heavy atom. The first-order chi connectivity index (χ1) is 14.3. The minimum Gasteiger partial charge on any atom is -0.489 e. The first-order valence-corrected chi connectivity index (χ1v) is 10.2. The van der Waals surface area contributed by atoms with E-state index in [0.29, 0.717) is 13.2 Å². The molecule has 2 aromatic carbocycles. The van der Waals surface area contributed by atoms with Crippen molar-refractivity contribution in [2.24, 2.45) is 4.99 Å². The zero-order chi connectivity index (χ0) is 20.4. The number of ether oxygens (including phenoxy) is 2. The first-order valence-electron chi connectivity index (χ1n) is 10.2. The molecule has 2 N–H and O–H groups in total. The maximum absolute atomic E-state index is 5.75. The minimum atomic E-state index is 0. The van der Waals surface area contributed by atoms with E-state index in [1.54, 1.807) is 13.1 Å². The van der Waals surface area contributed by atoms with Gasteiger partial charge in [0, 0.05) is 44.3 Å². The molecule has 1 saturated heterocycles. The minimum absolute atomic E-state index is 0. The van der Waals surface area contributed by atoms with Gasteiger partial charge in [0.05, 0.1) is 0 Å². The smallest absolute Gasteiger partial charge is 0.191 e. The van der Waals surface area contributed by atoms with Gasteiger partial charge in [-0.15, -0.1) is 24.0 Å². The number of aliphatic imine (C=N–C) groups is 1. The molecule has 0 radical (unpaired) electrons. The van der Waals surface area contributed by atoms with Crippen LogP contribution in [0.2, 0.25) is 0 Å². The van der Waals surface area contributed by atoms with E-state index in [0.717, 1.165) is 49.9 Å². The molecule has 2 aromatic rings. The third-order valence-corrected chi connectivity index (χ3v) is 5.43. The monoisotopic (exact) mass is 521 g/mol. The average molecular weight is 521 g/mol. The molecule has 0 aliphatic carbocycles. The number of hydrogen-bond donors (Lipinski definition) is 2. The molecule has 162 valence electrons. The summed E-state index contributed by atoms with van der Waals surface area (Å²) in [4.78, 5) is 4.41. The van der Waals surface area contributed by atoms with Crippen LogP contribution in [-0.4, -0.2) is 39.4 Å². The zero-order valence-corrected chi connectivity index (χ0v) is 19.9. The Kier molecular flexibility index (Phi) is 10.2. The van der Waals surface area contributed by atoms with Gasteiger partial charge in [0.1, 0.15) is 12.4 Å². The molecular formula is C24H32IN3O2. The predicted octanol–water partition coefficient (Wildman–Crippen LogP) is 4.28. The molecule has 0 unspecified atom stereocenters. The second-order valence-electron chi connectivity index (χ2n) is 7.25. The Bertz CT molecular complexity index is 805. The number of rotatable bonds is 8. The lowest BCUT2D eigenvalue weighted by Gasteiger charge is -2.38. The van der Waals surface area contributed by atoms with Crippen molar-refractivity contribution >= 4 is 29.9 Å². The largest absolute Gasteiger partial charge is 0.489 e. The number of nitrogens with one attached hydrogen (secondary N) is 2. The lowest BCUT2D eigenvalue weighted by molar-refractivity contribution is 0.0514. The summed E-state index contributed by atoms with van der Waals surface area (Å²) in [5.41, 5.74) is 2.50. The van der Waals surface area contributed by atoms with Crippen molar-refractivity contribution in [2.45, 2.75) is 24.8 Å². The van der Waals surface area contributed by atoms with E-state index in [-0.39, 0.29) is 29.4 Å². The SMILES string of the molecule is C=CCOc1ccccc1CNC(=NC)NCC1(c2ccccc2)CCOCC1.I.